The fourth-order valence-corrected chi connectivity index (χ4v) is 4.75. The van der Waals surface area contributed by atoms with Crippen LogP contribution in [0.1, 0.15) is 41.1 Å². The first-order chi connectivity index (χ1) is 17.1. The Bertz CT molecular complexity index is 975. The van der Waals surface area contributed by atoms with Gasteiger partial charge in [0.1, 0.15) is 6.04 Å². The molecule has 9 heteroatoms. The first-order valence-corrected chi connectivity index (χ1v) is 12.3. The zero-order valence-electron chi connectivity index (χ0n) is 20.8. The quantitative estimate of drug-likeness (QED) is 0.461. The number of nitrogens with zero attached hydrogens (tertiary/aromatic N) is 2. The van der Waals surface area contributed by atoms with Crippen LogP contribution in [0.2, 0.25) is 0 Å². The summed E-state index contributed by atoms with van der Waals surface area (Å²) < 4.78 is 39.6. The molecular formula is C27H36F3N3O3. The van der Waals surface area contributed by atoms with Crippen LogP contribution in [0, 0.1) is 6.92 Å². The number of alkyl halides is 3. The number of aryl methyl sites for hydroxylation is 1. The van der Waals surface area contributed by atoms with Crippen LogP contribution in [0.4, 0.5) is 13.2 Å². The number of hydrogen-bond donors (Lipinski definition) is 3. The summed E-state index contributed by atoms with van der Waals surface area (Å²) in [5.41, 5.74) is 1.29. The highest BCUT2D eigenvalue weighted by Crippen LogP contribution is 2.31. The molecule has 0 unspecified atom stereocenters. The average Bonchev–Trinajstić information content (AvgIpc) is 2.86. The van der Waals surface area contributed by atoms with E-state index in [1.54, 1.807) is 24.9 Å². The minimum atomic E-state index is -4.41. The molecule has 1 aliphatic rings. The molecule has 0 radical (unpaired) electrons. The van der Waals surface area contributed by atoms with Crippen LogP contribution in [0.15, 0.2) is 48.5 Å². The molecular weight excluding hydrogens is 471 g/mol. The number of piperidine rings is 1. The van der Waals surface area contributed by atoms with Crippen molar-refractivity contribution in [2.45, 2.75) is 50.5 Å². The van der Waals surface area contributed by atoms with E-state index >= 15 is 0 Å². The van der Waals surface area contributed by atoms with E-state index in [4.69, 9.17) is 0 Å². The van der Waals surface area contributed by atoms with Gasteiger partial charge in [0.05, 0.1) is 24.8 Å². The number of aliphatic hydroxyl groups is 2. The first-order valence-electron chi connectivity index (χ1n) is 12.3. The highest BCUT2D eigenvalue weighted by molar-refractivity contribution is 5.83. The Hall–Kier alpha value is -2.46. The molecule has 0 saturated carbocycles. The zero-order valence-corrected chi connectivity index (χ0v) is 20.8. The van der Waals surface area contributed by atoms with Crippen molar-refractivity contribution in [3.63, 3.8) is 0 Å². The normalized spacial score (nSPS) is 16.3. The summed E-state index contributed by atoms with van der Waals surface area (Å²) in [6.07, 6.45) is -2.55. The smallest absolute Gasteiger partial charge is 0.395 e. The number of rotatable bonds is 10. The van der Waals surface area contributed by atoms with Gasteiger partial charge in [-0.3, -0.25) is 9.69 Å². The second-order valence-corrected chi connectivity index (χ2v) is 9.57. The third kappa shape index (κ3) is 7.52. The van der Waals surface area contributed by atoms with Crippen LogP contribution < -0.4 is 5.32 Å². The molecule has 2 aromatic carbocycles. The largest absolute Gasteiger partial charge is 0.416 e. The van der Waals surface area contributed by atoms with E-state index in [9.17, 15) is 28.2 Å². The van der Waals surface area contributed by atoms with Crippen LogP contribution in [0.3, 0.4) is 0 Å². The molecule has 0 spiro atoms. The standard InChI is InChI=1S/C27H36F3N3O3/c1-19-14-20(16-22(15-19)27(28,29)30)8-11-32(2)26(36)25(21-6-4-3-5-7-21)33-12-9-23(10-13-33)31-24(17-34)18-35/h3-7,14-16,23-25,31,34-35H,8-13,17-18H2,1-2H3/t25-/m0/s1. The van der Waals surface area contributed by atoms with Crippen molar-refractivity contribution in [3.05, 3.63) is 70.8 Å². The van der Waals surface area contributed by atoms with Crippen LogP contribution in [0.5, 0.6) is 0 Å². The molecule has 0 bridgehead atoms. The maximum Gasteiger partial charge on any atom is 0.416 e. The van der Waals surface area contributed by atoms with E-state index in [0.29, 0.717) is 37.2 Å². The van der Waals surface area contributed by atoms with Gasteiger partial charge in [0, 0.05) is 32.7 Å². The van der Waals surface area contributed by atoms with E-state index in [-0.39, 0.29) is 31.2 Å². The van der Waals surface area contributed by atoms with Crippen LogP contribution in [-0.2, 0) is 17.4 Å². The van der Waals surface area contributed by atoms with Gasteiger partial charge in [-0.15, -0.1) is 0 Å². The monoisotopic (exact) mass is 507 g/mol. The molecule has 2 aromatic rings. The number of hydrogen-bond acceptors (Lipinski definition) is 5. The number of carbonyl (C=O) groups is 1. The van der Waals surface area contributed by atoms with Gasteiger partial charge < -0.3 is 20.4 Å². The van der Waals surface area contributed by atoms with Gasteiger partial charge in [-0.2, -0.15) is 13.2 Å². The summed E-state index contributed by atoms with van der Waals surface area (Å²) in [6, 6.07) is 12.8. The van der Waals surface area contributed by atoms with E-state index in [2.05, 4.69) is 10.2 Å². The predicted molar refractivity (Wildman–Crippen MR) is 132 cm³/mol. The molecule has 6 nitrogen and oxygen atoms in total. The number of nitrogens with one attached hydrogen (secondary N) is 1. The third-order valence-corrected chi connectivity index (χ3v) is 6.73. The Morgan fingerprint density at radius 1 is 1.11 bits per heavy atom. The van der Waals surface area contributed by atoms with Crippen molar-refractivity contribution >= 4 is 5.91 Å². The van der Waals surface area contributed by atoms with E-state index in [1.165, 1.54) is 0 Å². The van der Waals surface area contributed by atoms with E-state index < -0.39 is 17.8 Å². The van der Waals surface area contributed by atoms with Gasteiger partial charge in [0.15, 0.2) is 0 Å². The number of halogens is 3. The fourth-order valence-electron chi connectivity index (χ4n) is 4.75. The molecule has 1 saturated heterocycles. The van der Waals surface area contributed by atoms with E-state index in [0.717, 1.165) is 30.5 Å². The Morgan fingerprint density at radius 2 is 1.75 bits per heavy atom. The molecule has 198 valence electrons. The first kappa shape index (κ1) is 28.1. The molecule has 1 heterocycles. The van der Waals surface area contributed by atoms with Crippen LogP contribution in [-0.4, -0.2) is 77.9 Å². The Kier molecular flexibility index (Phi) is 9.90. The molecule has 36 heavy (non-hydrogen) atoms. The molecule has 1 fully saturated rings. The number of likely N-dealkylation sites (tertiary alicyclic amines) is 1. The SMILES string of the molecule is Cc1cc(CCN(C)C(=O)[C@H](c2ccccc2)N2CCC(NC(CO)CO)CC2)cc(C(F)(F)F)c1. The lowest BCUT2D eigenvalue weighted by atomic mass is 9.97. The number of amides is 1. The van der Waals surface area contributed by atoms with E-state index in [1.807, 2.05) is 30.3 Å². The number of carbonyl (C=O) groups excluding carboxylic acids is 1. The second-order valence-electron chi connectivity index (χ2n) is 9.57. The molecule has 1 atom stereocenters. The lowest BCUT2D eigenvalue weighted by Crippen LogP contribution is -2.51. The maximum atomic E-state index is 13.6. The van der Waals surface area contributed by atoms with Gasteiger partial charge in [-0.05, 0) is 49.4 Å². The van der Waals surface area contributed by atoms with Crippen molar-refractivity contribution in [2.24, 2.45) is 0 Å². The van der Waals surface area contributed by atoms with Gasteiger partial charge in [-0.1, -0.05) is 42.0 Å². The third-order valence-electron chi connectivity index (χ3n) is 6.73. The summed E-state index contributed by atoms with van der Waals surface area (Å²) >= 11 is 0. The zero-order chi connectivity index (χ0) is 26.3. The summed E-state index contributed by atoms with van der Waals surface area (Å²) in [5, 5.41) is 21.9. The topological polar surface area (TPSA) is 76.0 Å². The minimum Gasteiger partial charge on any atom is -0.395 e. The van der Waals surface area contributed by atoms with Gasteiger partial charge >= 0.3 is 6.18 Å². The van der Waals surface area contributed by atoms with Gasteiger partial charge in [-0.25, -0.2) is 0 Å². The molecule has 1 amide bonds. The highest BCUT2D eigenvalue weighted by Gasteiger charge is 2.34. The molecule has 3 rings (SSSR count). The summed E-state index contributed by atoms with van der Waals surface area (Å²) in [7, 11) is 1.69. The fraction of sp³-hybridized carbons (Fsp3) is 0.519. The molecule has 0 aliphatic carbocycles. The van der Waals surface area contributed by atoms with Crippen molar-refractivity contribution in [1.29, 1.82) is 0 Å². The van der Waals surface area contributed by atoms with Crippen molar-refractivity contribution in [1.82, 2.24) is 15.1 Å². The number of aliphatic hydroxyl groups excluding tert-OH is 2. The maximum absolute atomic E-state index is 13.6. The second kappa shape index (κ2) is 12.7. The Balaban J connectivity index is 1.69. The van der Waals surface area contributed by atoms with Crippen molar-refractivity contribution in [3.8, 4) is 0 Å². The highest BCUT2D eigenvalue weighted by atomic mass is 19.4. The molecule has 1 aliphatic heterocycles. The average molecular weight is 508 g/mol. The van der Waals surface area contributed by atoms with Gasteiger partial charge in [0.2, 0.25) is 5.91 Å². The summed E-state index contributed by atoms with van der Waals surface area (Å²) in [6.45, 7) is 2.98. The van der Waals surface area contributed by atoms with Crippen LogP contribution >= 0.6 is 0 Å². The minimum absolute atomic E-state index is 0.0973. The Labute approximate surface area is 210 Å². The summed E-state index contributed by atoms with van der Waals surface area (Å²) in [5.74, 6) is -0.0973. The van der Waals surface area contributed by atoms with Crippen LogP contribution in [0.25, 0.3) is 0 Å². The number of likely N-dealkylation sites (N-methyl/N-ethyl adjacent to an activating group) is 1. The van der Waals surface area contributed by atoms with Gasteiger partial charge in [0.25, 0.3) is 0 Å². The lowest BCUT2D eigenvalue weighted by molar-refractivity contribution is -0.138. The lowest BCUT2D eigenvalue weighted by Gasteiger charge is -2.39. The molecule has 3 N–H and O–H groups in total. The molecule has 0 aromatic heterocycles. The predicted octanol–water partition coefficient (Wildman–Crippen LogP) is 3.16. The summed E-state index contributed by atoms with van der Waals surface area (Å²) in [4.78, 5) is 17.4. The number of benzene rings is 2. The van der Waals surface area contributed by atoms with Crippen molar-refractivity contribution in [2.75, 3.05) is 39.9 Å². The van der Waals surface area contributed by atoms with Crippen molar-refractivity contribution < 1.29 is 28.2 Å². The Morgan fingerprint density at radius 3 is 2.33 bits per heavy atom.